The van der Waals surface area contributed by atoms with Crippen LogP contribution in [0.1, 0.15) is 37.0 Å². The Balaban J connectivity index is 2.36. The van der Waals surface area contributed by atoms with Gasteiger partial charge in [-0.2, -0.15) is 5.10 Å². The number of nitrogens with zero attached hydrogens (tertiary/aromatic N) is 3. The molecule has 108 valence electrons. The first-order chi connectivity index (χ1) is 9.72. The Morgan fingerprint density at radius 3 is 2.80 bits per heavy atom. The molecular weight excluding hydrogens is 254 g/mol. The van der Waals surface area contributed by atoms with Crippen molar-refractivity contribution in [2.75, 3.05) is 13.2 Å². The molecule has 0 aliphatic heterocycles. The molecule has 2 aromatic rings. The van der Waals surface area contributed by atoms with Crippen molar-refractivity contribution in [3.8, 4) is 0 Å². The molecule has 0 spiro atoms. The van der Waals surface area contributed by atoms with Crippen LogP contribution < -0.4 is 0 Å². The Labute approximate surface area is 118 Å². The minimum absolute atomic E-state index is 0.0263. The molecule has 0 saturated heterocycles. The summed E-state index contributed by atoms with van der Waals surface area (Å²) in [6.45, 7) is 4.45. The van der Waals surface area contributed by atoms with Gasteiger partial charge in [0.25, 0.3) is 5.91 Å². The summed E-state index contributed by atoms with van der Waals surface area (Å²) in [6, 6.07) is 5.79. The highest BCUT2D eigenvalue weighted by atomic mass is 16.3. The van der Waals surface area contributed by atoms with Gasteiger partial charge in [-0.25, -0.2) is 4.52 Å². The summed E-state index contributed by atoms with van der Waals surface area (Å²) in [5, 5.41) is 13.4. The first-order valence-corrected chi connectivity index (χ1v) is 7.07. The summed E-state index contributed by atoms with van der Waals surface area (Å²) in [5.74, 6) is -0.0612. The predicted molar refractivity (Wildman–Crippen MR) is 77.7 cm³/mol. The molecule has 1 amide bonds. The number of hydrogen-bond acceptors (Lipinski definition) is 3. The van der Waals surface area contributed by atoms with E-state index in [1.54, 1.807) is 15.6 Å². The van der Waals surface area contributed by atoms with E-state index in [2.05, 4.69) is 18.9 Å². The predicted octanol–water partition coefficient (Wildman–Crippen LogP) is 1.96. The molecule has 0 fully saturated rings. The summed E-state index contributed by atoms with van der Waals surface area (Å²) in [5.41, 5.74) is 1.39. The van der Waals surface area contributed by atoms with Crippen LogP contribution in [0.4, 0.5) is 0 Å². The molecule has 2 heterocycles. The van der Waals surface area contributed by atoms with Gasteiger partial charge >= 0.3 is 0 Å². The van der Waals surface area contributed by atoms with Crippen LogP contribution in [0.3, 0.4) is 0 Å². The van der Waals surface area contributed by atoms with Gasteiger partial charge in [-0.05, 0) is 25.0 Å². The van der Waals surface area contributed by atoms with Crippen molar-refractivity contribution in [3.05, 3.63) is 36.2 Å². The van der Waals surface area contributed by atoms with Gasteiger partial charge in [-0.3, -0.25) is 4.79 Å². The fraction of sp³-hybridized carbons (Fsp3) is 0.467. The molecule has 0 aromatic carbocycles. The first kappa shape index (κ1) is 14.5. The number of carbonyl (C=O) groups is 1. The smallest absolute Gasteiger partial charge is 0.258 e. The van der Waals surface area contributed by atoms with E-state index in [9.17, 15) is 9.90 Å². The third-order valence-corrected chi connectivity index (χ3v) is 3.64. The van der Waals surface area contributed by atoms with Gasteiger partial charge in [-0.1, -0.05) is 19.9 Å². The minimum atomic E-state index is -0.0612. The summed E-state index contributed by atoms with van der Waals surface area (Å²) in [7, 11) is 0. The van der Waals surface area contributed by atoms with Crippen LogP contribution in [0, 0.1) is 0 Å². The topological polar surface area (TPSA) is 57.8 Å². The highest BCUT2D eigenvalue weighted by molar-refractivity contribution is 6.00. The van der Waals surface area contributed by atoms with Crippen LogP contribution in [-0.4, -0.2) is 44.7 Å². The van der Waals surface area contributed by atoms with Crippen LogP contribution in [0.25, 0.3) is 5.52 Å². The molecule has 0 atom stereocenters. The molecule has 5 nitrogen and oxygen atoms in total. The van der Waals surface area contributed by atoms with E-state index in [1.807, 2.05) is 24.4 Å². The first-order valence-electron chi connectivity index (χ1n) is 7.07. The molecular formula is C15H21N3O2. The van der Waals surface area contributed by atoms with Crippen LogP contribution in [-0.2, 0) is 0 Å². The highest BCUT2D eigenvalue weighted by Crippen LogP contribution is 2.17. The largest absolute Gasteiger partial charge is 0.395 e. The van der Waals surface area contributed by atoms with Gasteiger partial charge in [0.05, 0.1) is 23.9 Å². The van der Waals surface area contributed by atoms with Crippen molar-refractivity contribution in [1.29, 1.82) is 0 Å². The summed E-state index contributed by atoms with van der Waals surface area (Å²) >= 11 is 0. The van der Waals surface area contributed by atoms with Crippen LogP contribution >= 0.6 is 0 Å². The number of carbonyl (C=O) groups excluding carboxylic acids is 1. The second kappa shape index (κ2) is 6.52. The second-order valence-corrected chi connectivity index (χ2v) is 4.78. The third-order valence-electron chi connectivity index (χ3n) is 3.64. The van der Waals surface area contributed by atoms with Gasteiger partial charge in [0.1, 0.15) is 0 Å². The maximum atomic E-state index is 12.7. The Hall–Kier alpha value is -1.88. The monoisotopic (exact) mass is 275 g/mol. The van der Waals surface area contributed by atoms with Crippen molar-refractivity contribution in [2.24, 2.45) is 0 Å². The SMILES string of the molecule is CCC(CC)N(CCO)C(=O)c1cnn2ccccc12. The molecule has 0 aliphatic rings. The lowest BCUT2D eigenvalue weighted by molar-refractivity contribution is 0.0624. The van der Waals surface area contributed by atoms with Gasteiger partial charge in [0.2, 0.25) is 0 Å². The molecule has 20 heavy (non-hydrogen) atoms. The maximum Gasteiger partial charge on any atom is 0.258 e. The number of rotatable bonds is 6. The molecule has 5 heteroatoms. The molecule has 0 saturated carbocycles. The van der Waals surface area contributed by atoms with Crippen molar-refractivity contribution < 1.29 is 9.90 Å². The van der Waals surface area contributed by atoms with Gasteiger partial charge < -0.3 is 10.0 Å². The van der Waals surface area contributed by atoms with E-state index >= 15 is 0 Å². The maximum absolute atomic E-state index is 12.7. The zero-order valence-corrected chi connectivity index (χ0v) is 12.0. The summed E-state index contributed by atoms with van der Waals surface area (Å²) in [4.78, 5) is 14.5. The fourth-order valence-corrected chi connectivity index (χ4v) is 2.54. The van der Waals surface area contributed by atoms with E-state index < -0.39 is 0 Å². The van der Waals surface area contributed by atoms with Crippen molar-refractivity contribution >= 4 is 11.4 Å². The number of fused-ring (bicyclic) bond motifs is 1. The van der Waals surface area contributed by atoms with Gasteiger partial charge in [0.15, 0.2) is 0 Å². The van der Waals surface area contributed by atoms with E-state index in [1.165, 1.54) is 0 Å². The lowest BCUT2D eigenvalue weighted by Crippen LogP contribution is -2.41. The zero-order chi connectivity index (χ0) is 14.5. The average Bonchev–Trinajstić information content (AvgIpc) is 2.91. The number of aliphatic hydroxyl groups excluding tert-OH is 1. The molecule has 0 bridgehead atoms. The van der Waals surface area contributed by atoms with E-state index in [4.69, 9.17) is 0 Å². The highest BCUT2D eigenvalue weighted by Gasteiger charge is 2.24. The second-order valence-electron chi connectivity index (χ2n) is 4.78. The molecule has 1 N–H and O–H groups in total. The Bertz CT molecular complexity index is 575. The summed E-state index contributed by atoms with van der Waals surface area (Å²) < 4.78 is 1.69. The number of hydrogen-bond donors (Lipinski definition) is 1. The lowest BCUT2D eigenvalue weighted by atomic mass is 10.1. The van der Waals surface area contributed by atoms with Crippen LogP contribution in [0.5, 0.6) is 0 Å². The van der Waals surface area contributed by atoms with Crippen LogP contribution in [0.15, 0.2) is 30.6 Å². The standard InChI is InChI=1S/C15H21N3O2/c1-3-12(4-2)17(9-10-19)15(20)13-11-16-18-8-6-5-7-14(13)18/h5-8,11-12,19H,3-4,9-10H2,1-2H3. The lowest BCUT2D eigenvalue weighted by Gasteiger charge is -2.29. The molecule has 0 aliphatic carbocycles. The molecule has 2 rings (SSSR count). The van der Waals surface area contributed by atoms with Gasteiger partial charge in [0, 0.05) is 18.8 Å². The van der Waals surface area contributed by atoms with Gasteiger partial charge in [-0.15, -0.1) is 0 Å². The molecule has 0 unspecified atom stereocenters. The Kier molecular flexibility index (Phi) is 4.74. The zero-order valence-electron chi connectivity index (χ0n) is 12.0. The number of aliphatic hydroxyl groups is 1. The quantitative estimate of drug-likeness (QED) is 0.876. The normalized spacial score (nSPS) is 11.2. The van der Waals surface area contributed by atoms with Crippen molar-refractivity contribution in [3.63, 3.8) is 0 Å². The number of amides is 1. The van der Waals surface area contributed by atoms with Crippen molar-refractivity contribution in [2.45, 2.75) is 32.7 Å². The molecule has 2 aromatic heterocycles. The minimum Gasteiger partial charge on any atom is -0.395 e. The van der Waals surface area contributed by atoms with Crippen molar-refractivity contribution in [1.82, 2.24) is 14.5 Å². The van der Waals surface area contributed by atoms with E-state index in [0.717, 1.165) is 18.4 Å². The molecule has 0 radical (unpaired) electrons. The van der Waals surface area contributed by atoms with Crippen LogP contribution in [0.2, 0.25) is 0 Å². The summed E-state index contributed by atoms with van der Waals surface area (Å²) in [6.07, 6.45) is 5.17. The van der Waals surface area contributed by atoms with E-state index in [-0.39, 0.29) is 18.6 Å². The third kappa shape index (κ3) is 2.67. The Morgan fingerprint density at radius 1 is 1.40 bits per heavy atom. The Morgan fingerprint density at radius 2 is 2.15 bits per heavy atom. The fourth-order valence-electron chi connectivity index (χ4n) is 2.54. The van der Waals surface area contributed by atoms with E-state index in [0.29, 0.717) is 12.1 Å². The number of pyridine rings is 1. The number of aromatic nitrogens is 2. The average molecular weight is 275 g/mol.